The van der Waals surface area contributed by atoms with Gasteiger partial charge < -0.3 is 15.0 Å². The van der Waals surface area contributed by atoms with Crippen LogP contribution in [0.4, 0.5) is 10.2 Å². The van der Waals surface area contributed by atoms with Crippen molar-refractivity contribution in [3.05, 3.63) is 52.8 Å². The molecule has 1 aliphatic rings. The monoisotopic (exact) mass is 321 g/mol. The van der Waals surface area contributed by atoms with Crippen LogP contribution in [0.5, 0.6) is 5.88 Å². The van der Waals surface area contributed by atoms with Gasteiger partial charge >= 0.3 is 0 Å². The first-order valence-corrected chi connectivity index (χ1v) is 7.59. The van der Waals surface area contributed by atoms with Crippen molar-refractivity contribution in [3.8, 4) is 5.88 Å². The van der Waals surface area contributed by atoms with Crippen molar-refractivity contribution in [3.63, 3.8) is 0 Å². The number of hydrogen-bond acceptors (Lipinski definition) is 4. The molecule has 116 valence electrons. The number of nitrogens with one attached hydrogen (secondary N) is 1. The zero-order valence-corrected chi connectivity index (χ0v) is 12.8. The fourth-order valence-electron chi connectivity index (χ4n) is 2.34. The van der Waals surface area contributed by atoms with Crippen LogP contribution in [-0.4, -0.2) is 31.2 Å². The summed E-state index contributed by atoms with van der Waals surface area (Å²) >= 11 is 5.74. The molecule has 0 radical (unpaired) electrons. The van der Waals surface area contributed by atoms with Gasteiger partial charge in [0.2, 0.25) is 5.88 Å². The van der Waals surface area contributed by atoms with Gasteiger partial charge in [0, 0.05) is 42.8 Å². The third-order valence-corrected chi connectivity index (χ3v) is 3.78. The standard InChI is InChI=1S/C16H17ClFN3O/c17-13-5-4-12(14(18)10-13)11-22-16-3-1-2-15(20-16)21-8-6-19-7-9-21/h1-5,10,19H,6-9,11H2. The van der Waals surface area contributed by atoms with Gasteiger partial charge in [0.25, 0.3) is 0 Å². The number of ether oxygens (including phenoxy) is 1. The van der Waals surface area contributed by atoms with E-state index in [-0.39, 0.29) is 12.4 Å². The van der Waals surface area contributed by atoms with E-state index in [0.717, 1.165) is 32.0 Å². The Hall–Kier alpha value is -1.85. The minimum absolute atomic E-state index is 0.126. The molecule has 3 rings (SSSR count). The second-order valence-corrected chi connectivity index (χ2v) is 5.53. The molecular weight excluding hydrogens is 305 g/mol. The number of nitrogens with zero attached hydrogens (tertiary/aromatic N) is 2. The highest BCUT2D eigenvalue weighted by Crippen LogP contribution is 2.19. The highest BCUT2D eigenvalue weighted by Gasteiger charge is 2.12. The minimum atomic E-state index is -0.370. The lowest BCUT2D eigenvalue weighted by Gasteiger charge is -2.28. The van der Waals surface area contributed by atoms with E-state index < -0.39 is 0 Å². The smallest absolute Gasteiger partial charge is 0.215 e. The SMILES string of the molecule is Fc1cc(Cl)ccc1COc1cccc(N2CCNCC2)n1. The maximum Gasteiger partial charge on any atom is 0.215 e. The number of hydrogen-bond donors (Lipinski definition) is 1. The lowest BCUT2D eigenvalue weighted by Crippen LogP contribution is -2.43. The summed E-state index contributed by atoms with van der Waals surface area (Å²) in [5.74, 6) is 1.01. The highest BCUT2D eigenvalue weighted by atomic mass is 35.5. The Bertz CT molecular complexity index is 647. The molecular formula is C16H17ClFN3O. The summed E-state index contributed by atoms with van der Waals surface area (Å²) in [5.41, 5.74) is 0.457. The molecule has 0 saturated carbocycles. The van der Waals surface area contributed by atoms with Crippen molar-refractivity contribution in [2.45, 2.75) is 6.61 Å². The molecule has 1 aromatic carbocycles. The van der Waals surface area contributed by atoms with E-state index in [9.17, 15) is 4.39 Å². The Kier molecular flexibility index (Phi) is 4.75. The first-order valence-electron chi connectivity index (χ1n) is 7.22. The predicted octanol–water partition coefficient (Wildman–Crippen LogP) is 2.86. The Balaban J connectivity index is 1.67. The van der Waals surface area contributed by atoms with E-state index in [1.165, 1.54) is 6.07 Å². The Morgan fingerprint density at radius 3 is 2.82 bits per heavy atom. The third-order valence-electron chi connectivity index (χ3n) is 3.54. The number of anilines is 1. The number of aromatic nitrogens is 1. The van der Waals surface area contributed by atoms with Gasteiger partial charge in [0.1, 0.15) is 18.2 Å². The van der Waals surface area contributed by atoms with E-state index >= 15 is 0 Å². The summed E-state index contributed by atoms with van der Waals surface area (Å²) in [5, 5.41) is 3.68. The molecule has 1 aromatic heterocycles. The van der Waals surface area contributed by atoms with Gasteiger partial charge in [-0.25, -0.2) is 4.39 Å². The van der Waals surface area contributed by atoms with Gasteiger partial charge in [0.05, 0.1) is 0 Å². The molecule has 0 unspecified atom stereocenters. The second-order valence-electron chi connectivity index (χ2n) is 5.10. The zero-order chi connectivity index (χ0) is 15.4. The van der Waals surface area contributed by atoms with Crippen LogP contribution < -0.4 is 15.0 Å². The number of benzene rings is 1. The molecule has 1 saturated heterocycles. The Labute approximate surface area is 133 Å². The number of rotatable bonds is 4. The van der Waals surface area contributed by atoms with Crippen LogP contribution in [0.25, 0.3) is 0 Å². The first kappa shape index (κ1) is 15.1. The fraction of sp³-hybridized carbons (Fsp3) is 0.312. The lowest BCUT2D eigenvalue weighted by molar-refractivity contribution is 0.288. The lowest BCUT2D eigenvalue weighted by atomic mass is 10.2. The average molecular weight is 322 g/mol. The normalized spacial score (nSPS) is 14.9. The second kappa shape index (κ2) is 6.94. The van der Waals surface area contributed by atoms with Crippen molar-refractivity contribution in [1.29, 1.82) is 0 Å². The van der Waals surface area contributed by atoms with Gasteiger partial charge in [-0.1, -0.05) is 23.7 Å². The van der Waals surface area contributed by atoms with Crippen LogP contribution in [0.2, 0.25) is 5.02 Å². The van der Waals surface area contributed by atoms with Crippen molar-refractivity contribution in [1.82, 2.24) is 10.3 Å². The average Bonchev–Trinajstić information content (AvgIpc) is 2.55. The molecule has 1 aliphatic heterocycles. The van der Waals surface area contributed by atoms with E-state index in [4.69, 9.17) is 16.3 Å². The maximum absolute atomic E-state index is 13.7. The molecule has 2 aromatic rings. The summed E-state index contributed by atoms with van der Waals surface area (Å²) in [4.78, 5) is 6.69. The molecule has 1 fully saturated rings. The number of halogens is 2. The molecule has 2 heterocycles. The van der Waals surface area contributed by atoms with Gasteiger partial charge in [0.15, 0.2) is 0 Å². The van der Waals surface area contributed by atoms with Crippen molar-refractivity contribution < 1.29 is 9.13 Å². The van der Waals surface area contributed by atoms with E-state index in [0.29, 0.717) is 16.5 Å². The molecule has 0 aliphatic carbocycles. The summed E-state index contributed by atoms with van der Waals surface area (Å²) in [6.45, 7) is 3.86. The zero-order valence-electron chi connectivity index (χ0n) is 12.1. The van der Waals surface area contributed by atoms with Crippen LogP contribution >= 0.6 is 11.6 Å². The first-order chi connectivity index (χ1) is 10.7. The Morgan fingerprint density at radius 1 is 1.23 bits per heavy atom. The molecule has 4 nitrogen and oxygen atoms in total. The third kappa shape index (κ3) is 3.67. The summed E-state index contributed by atoms with van der Waals surface area (Å²) < 4.78 is 19.3. The van der Waals surface area contributed by atoms with Gasteiger partial charge in [-0.2, -0.15) is 4.98 Å². The topological polar surface area (TPSA) is 37.4 Å². The number of pyridine rings is 1. The van der Waals surface area contributed by atoms with Crippen LogP contribution in [0.1, 0.15) is 5.56 Å². The van der Waals surface area contributed by atoms with Crippen LogP contribution in [-0.2, 0) is 6.61 Å². The molecule has 0 bridgehead atoms. The van der Waals surface area contributed by atoms with Crippen LogP contribution in [0, 0.1) is 5.82 Å². The highest BCUT2D eigenvalue weighted by molar-refractivity contribution is 6.30. The molecule has 0 amide bonds. The van der Waals surface area contributed by atoms with Crippen molar-refractivity contribution >= 4 is 17.4 Å². The Morgan fingerprint density at radius 2 is 2.05 bits per heavy atom. The fourth-order valence-corrected chi connectivity index (χ4v) is 2.50. The van der Waals surface area contributed by atoms with E-state index in [1.807, 2.05) is 12.1 Å². The quantitative estimate of drug-likeness (QED) is 0.939. The molecule has 0 spiro atoms. The van der Waals surface area contributed by atoms with Crippen LogP contribution in [0.3, 0.4) is 0 Å². The largest absolute Gasteiger partial charge is 0.473 e. The van der Waals surface area contributed by atoms with Crippen molar-refractivity contribution in [2.75, 3.05) is 31.1 Å². The minimum Gasteiger partial charge on any atom is -0.473 e. The van der Waals surface area contributed by atoms with Gasteiger partial charge in [-0.15, -0.1) is 0 Å². The van der Waals surface area contributed by atoms with Crippen molar-refractivity contribution in [2.24, 2.45) is 0 Å². The van der Waals surface area contributed by atoms with Crippen LogP contribution in [0.15, 0.2) is 36.4 Å². The van der Waals surface area contributed by atoms with E-state index in [1.54, 1.807) is 18.2 Å². The number of piperazine rings is 1. The van der Waals surface area contributed by atoms with E-state index in [2.05, 4.69) is 15.2 Å². The molecule has 0 atom stereocenters. The molecule has 22 heavy (non-hydrogen) atoms. The predicted molar refractivity (Wildman–Crippen MR) is 85.1 cm³/mol. The summed E-state index contributed by atoms with van der Waals surface area (Å²) in [6.07, 6.45) is 0. The summed E-state index contributed by atoms with van der Waals surface area (Å²) in [6, 6.07) is 10.2. The maximum atomic E-state index is 13.7. The van der Waals surface area contributed by atoms with Gasteiger partial charge in [-0.3, -0.25) is 0 Å². The molecule has 1 N–H and O–H groups in total. The van der Waals surface area contributed by atoms with Gasteiger partial charge in [-0.05, 0) is 18.2 Å². The summed E-state index contributed by atoms with van der Waals surface area (Å²) in [7, 11) is 0. The molecule has 6 heteroatoms.